The van der Waals surface area contributed by atoms with E-state index >= 15 is 0 Å². The van der Waals surface area contributed by atoms with Crippen molar-refractivity contribution in [2.75, 3.05) is 22.7 Å². The van der Waals surface area contributed by atoms with Crippen LogP contribution in [0.3, 0.4) is 0 Å². The molecule has 0 bridgehead atoms. The van der Waals surface area contributed by atoms with Crippen molar-refractivity contribution in [2.24, 2.45) is 0 Å². The molecule has 0 radical (unpaired) electrons. The number of nitrogens with zero attached hydrogens (tertiary/aromatic N) is 1. The molecular formula is C26H22Cl2N4O4. The number of fused-ring (bicyclic) bond motifs is 1. The molecule has 3 aromatic carbocycles. The summed E-state index contributed by atoms with van der Waals surface area (Å²) in [5.41, 5.74) is 4.80. The van der Waals surface area contributed by atoms with Crippen molar-refractivity contribution in [2.45, 2.75) is 13.8 Å². The van der Waals surface area contributed by atoms with Crippen LogP contribution in [0.15, 0.2) is 66.7 Å². The first kappa shape index (κ1) is 25.1. The highest BCUT2D eigenvalue weighted by atomic mass is 35.5. The number of hydrogen-bond donors (Lipinski definition) is 3. The van der Waals surface area contributed by atoms with Crippen molar-refractivity contribution in [3.8, 4) is 5.75 Å². The fourth-order valence-corrected chi connectivity index (χ4v) is 3.84. The molecular weight excluding hydrogens is 503 g/mol. The number of nitrogens with one attached hydrogen (secondary N) is 3. The monoisotopic (exact) mass is 524 g/mol. The Morgan fingerprint density at radius 1 is 0.861 bits per heavy atom. The number of benzene rings is 3. The van der Waals surface area contributed by atoms with Crippen LogP contribution >= 0.6 is 23.2 Å². The van der Waals surface area contributed by atoms with Gasteiger partial charge in [-0.1, -0.05) is 29.3 Å². The van der Waals surface area contributed by atoms with Crippen molar-refractivity contribution in [3.05, 3.63) is 88.0 Å². The molecule has 0 unspecified atom stereocenters. The smallest absolute Gasteiger partial charge is 0.328 e. The maximum atomic E-state index is 13.1. The SMILES string of the molecule is CCOc1ccc(NC(=O)c2cc3cc(Cl)ccc3n2NC(=O)C(=O)Nc2ccc(C)c(Cl)c2)cc1. The molecule has 36 heavy (non-hydrogen) atoms. The Hall–Kier alpha value is -4.01. The van der Waals surface area contributed by atoms with E-state index < -0.39 is 17.7 Å². The van der Waals surface area contributed by atoms with Crippen LogP contribution < -0.4 is 20.8 Å². The van der Waals surface area contributed by atoms with E-state index in [0.717, 1.165) is 5.56 Å². The van der Waals surface area contributed by atoms with Crippen molar-refractivity contribution < 1.29 is 19.1 Å². The molecule has 184 valence electrons. The van der Waals surface area contributed by atoms with Crippen molar-refractivity contribution in [1.29, 1.82) is 0 Å². The van der Waals surface area contributed by atoms with Gasteiger partial charge in [0.15, 0.2) is 0 Å². The van der Waals surface area contributed by atoms with Gasteiger partial charge in [0.2, 0.25) is 0 Å². The standard InChI is InChI=1S/C26H22Cl2N4O4/c1-3-36-20-9-7-18(8-10-20)29-24(33)23-13-16-12-17(27)5-11-22(16)32(23)31-26(35)25(34)30-19-6-4-15(2)21(28)14-19/h4-14H,3H2,1-2H3,(H,29,33)(H,30,34)(H,31,35). The molecule has 0 spiro atoms. The van der Waals surface area contributed by atoms with E-state index in [0.29, 0.717) is 44.7 Å². The third-order valence-electron chi connectivity index (χ3n) is 5.27. The summed E-state index contributed by atoms with van der Waals surface area (Å²) in [4.78, 5) is 38.5. The summed E-state index contributed by atoms with van der Waals surface area (Å²) in [6, 6.07) is 18.3. The molecule has 3 N–H and O–H groups in total. The van der Waals surface area contributed by atoms with E-state index in [1.165, 1.54) is 4.68 Å². The number of amides is 3. The van der Waals surface area contributed by atoms with E-state index in [9.17, 15) is 14.4 Å². The summed E-state index contributed by atoms with van der Waals surface area (Å²) >= 11 is 12.2. The number of hydrogen-bond acceptors (Lipinski definition) is 4. The van der Waals surface area contributed by atoms with Crippen LogP contribution in [0.1, 0.15) is 23.0 Å². The van der Waals surface area contributed by atoms with E-state index in [4.69, 9.17) is 27.9 Å². The largest absolute Gasteiger partial charge is 0.494 e. The van der Waals surface area contributed by atoms with Crippen molar-refractivity contribution in [1.82, 2.24) is 4.68 Å². The molecule has 0 saturated heterocycles. The Bertz CT molecular complexity index is 1470. The normalized spacial score (nSPS) is 10.7. The number of anilines is 2. The molecule has 1 heterocycles. The first-order valence-electron chi connectivity index (χ1n) is 11.0. The zero-order valence-electron chi connectivity index (χ0n) is 19.4. The molecule has 4 rings (SSSR count). The minimum Gasteiger partial charge on any atom is -0.494 e. The third-order valence-corrected chi connectivity index (χ3v) is 5.91. The average Bonchev–Trinajstić information content (AvgIpc) is 3.20. The minimum atomic E-state index is -0.978. The lowest BCUT2D eigenvalue weighted by Gasteiger charge is -2.13. The van der Waals surface area contributed by atoms with E-state index in [2.05, 4.69) is 16.1 Å². The number of carbonyl (C=O) groups excluding carboxylic acids is 3. The molecule has 0 atom stereocenters. The summed E-state index contributed by atoms with van der Waals surface area (Å²) in [6.45, 7) is 4.23. The molecule has 0 fully saturated rings. The van der Waals surface area contributed by atoms with Gasteiger partial charge in [-0.2, -0.15) is 0 Å². The summed E-state index contributed by atoms with van der Waals surface area (Å²) in [6.07, 6.45) is 0. The predicted molar refractivity (Wildman–Crippen MR) is 142 cm³/mol. The van der Waals surface area contributed by atoms with Crippen molar-refractivity contribution in [3.63, 3.8) is 0 Å². The van der Waals surface area contributed by atoms with Crippen LogP contribution in [0, 0.1) is 6.92 Å². The number of halogens is 2. The van der Waals surface area contributed by atoms with E-state index in [-0.39, 0.29) is 5.69 Å². The van der Waals surface area contributed by atoms with Crippen LogP contribution in [0.2, 0.25) is 10.0 Å². The summed E-state index contributed by atoms with van der Waals surface area (Å²) in [5, 5.41) is 6.80. The van der Waals surface area contributed by atoms with Crippen LogP contribution in [-0.4, -0.2) is 29.0 Å². The highest BCUT2D eigenvalue weighted by molar-refractivity contribution is 6.42. The first-order chi connectivity index (χ1) is 17.2. The van der Waals surface area contributed by atoms with Gasteiger partial charge >= 0.3 is 11.8 Å². The van der Waals surface area contributed by atoms with Crippen LogP contribution in [0.5, 0.6) is 5.75 Å². The minimum absolute atomic E-state index is 0.0979. The predicted octanol–water partition coefficient (Wildman–Crippen LogP) is 5.62. The van der Waals surface area contributed by atoms with Gasteiger partial charge in [-0.25, -0.2) is 4.68 Å². The Morgan fingerprint density at radius 2 is 1.58 bits per heavy atom. The molecule has 4 aromatic rings. The third kappa shape index (κ3) is 5.62. The lowest BCUT2D eigenvalue weighted by molar-refractivity contribution is -0.133. The Balaban J connectivity index is 1.58. The summed E-state index contributed by atoms with van der Waals surface area (Å²) < 4.78 is 6.67. The molecule has 1 aromatic heterocycles. The highest BCUT2D eigenvalue weighted by Crippen LogP contribution is 2.24. The fraction of sp³-hybridized carbons (Fsp3) is 0.115. The van der Waals surface area contributed by atoms with Gasteiger partial charge < -0.3 is 15.4 Å². The number of carbonyl (C=O) groups is 3. The number of aryl methyl sites for hydroxylation is 1. The average molecular weight is 525 g/mol. The number of rotatable bonds is 6. The molecule has 0 saturated carbocycles. The molecule has 0 aliphatic rings. The zero-order chi connectivity index (χ0) is 25.8. The van der Waals surface area contributed by atoms with Gasteiger partial charge in [-0.05, 0) is 80.1 Å². The zero-order valence-corrected chi connectivity index (χ0v) is 20.9. The quantitative estimate of drug-likeness (QED) is 0.285. The molecule has 3 amide bonds. The van der Waals surface area contributed by atoms with E-state index in [1.54, 1.807) is 66.7 Å². The number of ether oxygens (including phenoxy) is 1. The Kier molecular flexibility index (Phi) is 7.47. The summed E-state index contributed by atoms with van der Waals surface area (Å²) in [7, 11) is 0. The van der Waals surface area contributed by atoms with Gasteiger partial charge in [0.05, 0.1) is 12.1 Å². The maximum Gasteiger partial charge on any atom is 0.328 e. The van der Waals surface area contributed by atoms with Gasteiger partial charge in [-0.15, -0.1) is 0 Å². The first-order valence-corrected chi connectivity index (χ1v) is 11.7. The lowest BCUT2D eigenvalue weighted by atomic mass is 10.2. The van der Waals surface area contributed by atoms with Crippen molar-refractivity contribution >= 4 is 63.2 Å². The van der Waals surface area contributed by atoms with E-state index in [1.807, 2.05) is 13.8 Å². The lowest BCUT2D eigenvalue weighted by Crippen LogP contribution is -2.36. The molecule has 10 heteroatoms. The van der Waals surface area contributed by atoms with Crippen LogP contribution in [0.25, 0.3) is 10.9 Å². The Labute approximate surface area is 217 Å². The molecule has 8 nitrogen and oxygen atoms in total. The second-order valence-electron chi connectivity index (χ2n) is 7.84. The fourth-order valence-electron chi connectivity index (χ4n) is 3.48. The second-order valence-corrected chi connectivity index (χ2v) is 8.68. The maximum absolute atomic E-state index is 13.1. The molecule has 0 aliphatic carbocycles. The van der Waals surface area contributed by atoms with Gasteiger partial charge in [0.25, 0.3) is 5.91 Å². The van der Waals surface area contributed by atoms with Gasteiger partial charge in [-0.3, -0.25) is 19.8 Å². The second kappa shape index (κ2) is 10.7. The van der Waals surface area contributed by atoms with Crippen LogP contribution in [0.4, 0.5) is 11.4 Å². The topological polar surface area (TPSA) is 101 Å². The highest BCUT2D eigenvalue weighted by Gasteiger charge is 2.21. The van der Waals surface area contributed by atoms with Gasteiger partial charge in [0.1, 0.15) is 11.4 Å². The van der Waals surface area contributed by atoms with Crippen LogP contribution in [-0.2, 0) is 9.59 Å². The molecule has 0 aliphatic heterocycles. The summed E-state index contributed by atoms with van der Waals surface area (Å²) in [5.74, 6) is -1.73. The Morgan fingerprint density at radius 3 is 2.28 bits per heavy atom. The number of aromatic nitrogens is 1. The van der Waals surface area contributed by atoms with Gasteiger partial charge in [0, 0.05) is 26.8 Å².